The summed E-state index contributed by atoms with van der Waals surface area (Å²) in [5, 5.41) is 7.27. The Bertz CT molecular complexity index is 8.00. The zero-order valence-corrected chi connectivity index (χ0v) is 2.49. The fourth-order valence-corrected chi connectivity index (χ4v) is 0. The fraction of sp³-hybridized carbons (Fsp3) is 0. The Balaban J connectivity index is 1.97. The van der Waals surface area contributed by atoms with Crippen molar-refractivity contribution in [3.8, 4) is 0 Å². The van der Waals surface area contributed by atoms with Crippen molar-refractivity contribution in [2.45, 2.75) is 0 Å². The van der Waals surface area contributed by atoms with Crippen molar-refractivity contribution < 1.29 is 9.60 Å². The van der Waals surface area contributed by atoms with Gasteiger partial charge in [0.1, 0.15) is 0 Å². The SMILES string of the molecule is ONOCl. The van der Waals surface area contributed by atoms with Crippen LogP contribution in [-0.4, -0.2) is 5.21 Å². The predicted octanol–water partition coefficient (Wildman–Crippen LogP) is 0.0506. The Labute approximate surface area is 28.2 Å². The molecule has 0 bridgehead atoms. The first kappa shape index (κ1) is 4.17. The molecule has 0 spiro atoms. The van der Waals surface area contributed by atoms with Crippen molar-refractivity contribution in [1.29, 1.82) is 0 Å². The molecule has 0 aromatic heterocycles. The van der Waals surface area contributed by atoms with E-state index < -0.39 is 0 Å². The monoisotopic (exact) mass is 83.0 g/mol. The van der Waals surface area contributed by atoms with Gasteiger partial charge in [-0.2, -0.15) is 4.39 Å². The van der Waals surface area contributed by atoms with Crippen LogP contribution >= 0.6 is 11.9 Å². The van der Waals surface area contributed by atoms with Gasteiger partial charge in [-0.3, -0.25) is 5.21 Å². The molecule has 0 aromatic carbocycles. The second kappa shape index (κ2) is 3.17. The highest BCUT2D eigenvalue weighted by molar-refractivity contribution is 6.07. The Morgan fingerprint density at radius 1 is 2.00 bits per heavy atom. The number of nitrogens with one attached hydrogen (secondary N) is 1. The van der Waals surface area contributed by atoms with E-state index in [4.69, 9.17) is 5.21 Å². The van der Waals surface area contributed by atoms with E-state index >= 15 is 0 Å². The lowest BCUT2D eigenvalue weighted by molar-refractivity contribution is -0.0369. The molecule has 0 heterocycles. The molecule has 0 rings (SSSR count). The van der Waals surface area contributed by atoms with E-state index in [1.807, 2.05) is 0 Å². The molecule has 0 aliphatic rings. The molecule has 0 saturated carbocycles. The Morgan fingerprint density at radius 2 is 2.25 bits per heavy atom. The molecule has 0 aromatic rings. The summed E-state index contributed by atoms with van der Waals surface area (Å²) < 4.78 is 3.32. The maximum absolute atomic E-state index is 7.27. The van der Waals surface area contributed by atoms with E-state index in [0.717, 1.165) is 0 Å². The molecule has 0 saturated heterocycles. The number of rotatable bonds is 1. The van der Waals surface area contributed by atoms with Gasteiger partial charge in [0.25, 0.3) is 0 Å². The molecule has 26 valence electrons. The van der Waals surface area contributed by atoms with Gasteiger partial charge in [-0.05, 0) is 0 Å². The molecule has 0 radical (unpaired) electrons. The minimum Gasteiger partial charge on any atom is -0.291 e. The largest absolute Gasteiger partial charge is 0.291 e. The topological polar surface area (TPSA) is 41.5 Å². The minimum atomic E-state index is 1.20. The molecule has 3 nitrogen and oxygen atoms in total. The number of hydrogen-bond donors (Lipinski definition) is 2. The second-order valence-corrected chi connectivity index (χ2v) is 0.323. The summed E-state index contributed by atoms with van der Waals surface area (Å²) in [5.41, 5.74) is 1.20. The molecule has 2 N–H and O–H groups in total. The van der Waals surface area contributed by atoms with Crippen LogP contribution in [0.3, 0.4) is 0 Å². The first-order valence-electron chi connectivity index (χ1n) is 0.582. The highest BCUT2D eigenvalue weighted by atomic mass is 35.5. The van der Waals surface area contributed by atoms with Crippen molar-refractivity contribution in [2.24, 2.45) is 0 Å². The molecular weight excluding hydrogens is 81.5 g/mol. The fourth-order valence-electron chi connectivity index (χ4n) is 0. The van der Waals surface area contributed by atoms with Gasteiger partial charge in [0.2, 0.25) is 0 Å². The van der Waals surface area contributed by atoms with Gasteiger partial charge in [-0.1, -0.05) is 5.64 Å². The average Bonchev–Trinajstić information content (AvgIpc) is 1.37. The van der Waals surface area contributed by atoms with Crippen LogP contribution in [0.5, 0.6) is 0 Å². The van der Waals surface area contributed by atoms with E-state index in [1.165, 1.54) is 5.64 Å². The molecule has 0 amide bonds. The van der Waals surface area contributed by atoms with Crippen LogP contribution < -0.4 is 5.64 Å². The van der Waals surface area contributed by atoms with E-state index in [-0.39, 0.29) is 0 Å². The average molecular weight is 83.5 g/mol. The first-order chi connectivity index (χ1) is 1.91. The normalized spacial score (nSPS) is 7.50. The van der Waals surface area contributed by atoms with Crippen molar-refractivity contribution in [2.75, 3.05) is 0 Å². The van der Waals surface area contributed by atoms with Gasteiger partial charge >= 0.3 is 0 Å². The molecular formula is H2ClNO2. The summed E-state index contributed by atoms with van der Waals surface area (Å²) in [6, 6.07) is 0. The zero-order valence-electron chi connectivity index (χ0n) is 1.73. The van der Waals surface area contributed by atoms with Gasteiger partial charge in [0.15, 0.2) is 0 Å². The quantitative estimate of drug-likeness (QED) is 0.440. The smallest absolute Gasteiger partial charge is 0.0864 e. The molecule has 0 atom stereocenters. The van der Waals surface area contributed by atoms with Crippen molar-refractivity contribution in [3.63, 3.8) is 0 Å². The van der Waals surface area contributed by atoms with E-state index in [1.54, 1.807) is 0 Å². The second-order valence-electron chi connectivity index (χ2n) is 0.168. The molecule has 0 aliphatic carbocycles. The molecule has 4 heavy (non-hydrogen) atoms. The lowest BCUT2D eigenvalue weighted by Crippen LogP contribution is -1.96. The third-order valence-electron chi connectivity index (χ3n) is 0.0345. The third-order valence-corrected chi connectivity index (χ3v) is 0.104. The molecule has 0 fully saturated rings. The van der Waals surface area contributed by atoms with Crippen LogP contribution in [0.2, 0.25) is 0 Å². The van der Waals surface area contributed by atoms with Crippen molar-refractivity contribution in [1.82, 2.24) is 5.64 Å². The summed E-state index contributed by atoms with van der Waals surface area (Å²) in [4.78, 5) is 0. The lowest BCUT2D eigenvalue weighted by atomic mass is 13.3. The van der Waals surface area contributed by atoms with Crippen LogP contribution in [0, 0.1) is 0 Å². The lowest BCUT2D eigenvalue weighted by Gasteiger charge is -1.73. The van der Waals surface area contributed by atoms with Gasteiger partial charge in [0, 0.05) is 0 Å². The molecule has 0 unspecified atom stereocenters. The number of halogens is 1. The first-order valence-corrected chi connectivity index (χ1v) is 0.891. The van der Waals surface area contributed by atoms with E-state index in [2.05, 4.69) is 16.3 Å². The van der Waals surface area contributed by atoms with Gasteiger partial charge in [0.05, 0.1) is 11.9 Å². The van der Waals surface area contributed by atoms with Crippen LogP contribution in [0.25, 0.3) is 0 Å². The predicted molar refractivity (Wildman–Crippen MR) is 11.9 cm³/mol. The Hall–Kier alpha value is 0.170. The molecule has 4 heteroatoms. The van der Waals surface area contributed by atoms with Crippen LogP contribution in [0.1, 0.15) is 0 Å². The summed E-state index contributed by atoms with van der Waals surface area (Å²) in [7, 11) is 0. The highest BCUT2D eigenvalue weighted by Gasteiger charge is 1.52. The van der Waals surface area contributed by atoms with E-state index in [9.17, 15) is 0 Å². The van der Waals surface area contributed by atoms with Crippen molar-refractivity contribution >= 4 is 11.9 Å². The summed E-state index contributed by atoms with van der Waals surface area (Å²) in [6.45, 7) is 0. The standard InChI is InChI=1S/ClH2NO2/c1-4-2-3/h2-3H. The van der Waals surface area contributed by atoms with Gasteiger partial charge in [-0.15, -0.1) is 0 Å². The Kier molecular flexibility index (Phi) is 3.30. The third kappa shape index (κ3) is 2.17. The summed E-state index contributed by atoms with van der Waals surface area (Å²) in [6.07, 6.45) is 0. The highest BCUT2D eigenvalue weighted by Crippen LogP contribution is 1.60. The minimum absolute atomic E-state index is 1.20. The van der Waals surface area contributed by atoms with Crippen LogP contribution in [-0.2, 0) is 4.39 Å². The maximum Gasteiger partial charge on any atom is 0.0864 e. The summed E-state index contributed by atoms with van der Waals surface area (Å²) >= 11 is 4.32. The van der Waals surface area contributed by atoms with Gasteiger partial charge in [-0.25, -0.2) is 0 Å². The number of hydrogen-bond acceptors (Lipinski definition) is 3. The van der Waals surface area contributed by atoms with Crippen LogP contribution in [0.4, 0.5) is 0 Å². The Morgan fingerprint density at radius 3 is 2.25 bits per heavy atom. The van der Waals surface area contributed by atoms with E-state index in [0.29, 0.717) is 0 Å². The molecule has 0 aliphatic heterocycles. The van der Waals surface area contributed by atoms with Gasteiger partial charge < -0.3 is 0 Å². The maximum atomic E-state index is 7.27. The summed E-state index contributed by atoms with van der Waals surface area (Å²) in [5.74, 6) is 0. The van der Waals surface area contributed by atoms with Crippen molar-refractivity contribution in [3.05, 3.63) is 0 Å². The van der Waals surface area contributed by atoms with Crippen LogP contribution in [0.15, 0.2) is 0 Å². The zero-order chi connectivity index (χ0) is 3.41.